The molecule has 4 nitrogen and oxygen atoms in total. The van der Waals surface area contributed by atoms with E-state index in [-0.39, 0.29) is 5.91 Å². The number of hydrogen-bond acceptors (Lipinski definition) is 3. The van der Waals surface area contributed by atoms with Crippen molar-refractivity contribution in [1.82, 2.24) is 5.32 Å². The molecule has 0 fully saturated rings. The molecule has 0 saturated carbocycles. The summed E-state index contributed by atoms with van der Waals surface area (Å²) < 4.78 is 10.3. The first-order valence-electron chi connectivity index (χ1n) is 6.08. The Labute approximate surface area is 108 Å². The van der Waals surface area contributed by atoms with Crippen molar-refractivity contribution in [1.29, 1.82) is 0 Å². The molecule has 0 aliphatic rings. The van der Waals surface area contributed by atoms with E-state index in [9.17, 15) is 4.79 Å². The van der Waals surface area contributed by atoms with Crippen LogP contribution in [-0.2, 0) is 0 Å². The second kappa shape index (κ2) is 6.89. The van der Waals surface area contributed by atoms with Crippen molar-refractivity contribution >= 4 is 5.91 Å². The van der Waals surface area contributed by atoms with Crippen LogP contribution in [0.2, 0.25) is 0 Å². The summed E-state index contributed by atoms with van der Waals surface area (Å²) in [5, 5.41) is 2.88. The molecule has 100 valence electrons. The summed E-state index contributed by atoms with van der Waals surface area (Å²) in [5.74, 6) is 1.70. The van der Waals surface area contributed by atoms with E-state index in [0.29, 0.717) is 29.5 Å². The van der Waals surface area contributed by atoms with Crippen LogP contribution in [0.5, 0.6) is 11.5 Å². The lowest BCUT2D eigenvalue weighted by molar-refractivity contribution is 0.0951. The van der Waals surface area contributed by atoms with Gasteiger partial charge in [0.05, 0.1) is 14.2 Å². The number of carbonyl (C=O) groups is 1. The Hall–Kier alpha value is -1.71. The van der Waals surface area contributed by atoms with Crippen molar-refractivity contribution in [2.45, 2.75) is 20.3 Å². The van der Waals surface area contributed by atoms with Crippen LogP contribution >= 0.6 is 0 Å². The Morgan fingerprint density at radius 3 is 2.17 bits per heavy atom. The summed E-state index contributed by atoms with van der Waals surface area (Å²) in [6, 6.07) is 5.14. The van der Waals surface area contributed by atoms with E-state index in [0.717, 1.165) is 6.42 Å². The molecular formula is C14H21NO3. The van der Waals surface area contributed by atoms with E-state index >= 15 is 0 Å². The smallest absolute Gasteiger partial charge is 0.251 e. The van der Waals surface area contributed by atoms with Crippen molar-refractivity contribution in [3.8, 4) is 11.5 Å². The van der Waals surface area contributed by atoms with Gasteiger partial charge >= 0.3 is 0 Å². The summed E-state index contributed by atoms with van der Waals surface area (Å²) in [7, 11) is 3.13. The highest BCUT2D eigenvalue weighted by Crippen LogP contribution is 2.22. The summed E-state index contributed by atoms with van der Waals surface area (Å²) in [6.45, 7) is 4.93. The second-order valence-corrected chi connectivity index (χ2v) is 4.54. The average molecular weight is 251 g/mol. The molecule has 0 saturated heterocycles. The van der Waals surface area contributed by atoms with E-state index in [2.05, 4.69) is 19.2 Å². The van der Waals surface area contributed by atoms with Crippen molar-refractivity contribution in [3.63, 3.8) is 0 Å². The van der Waals surface area contributed by atoms with Crippen molar-refractivity contribution in [3.05, 3.63) is 23.8 Å². The van der Waals surface area contributed by atoms with Crippen LogP contribution in [0.4, 0.5) is 0 Å². The third-order valence-corrected chi connectivity index (χ3v) is 2.62. The van der Waals surface area contributed by atoms with Crippen LogP contribution in [0.1, 0.15) is 30.6 Å². The van der Waals surface area contributed by atoms with E-state index in [1.165, 1.54) is 0 Å². The Morgan fingerprint density at radius 2 is 1.72 bits per heavy atom. The molecule has 0 bridgehead atoms. The maximum Gasteiger partial charge on any atom is 0.251 e. The van der Waals surface area contributed by atoms with Gasteiger partial charge in [-0.05, 0) is 24.5 Å². The number of hydrogen-bond donors (Lipinski definition) is 1. The fraction of sp³-hybridized carbons (Fsp3) is 0.500. The minimum Gasteiger partial charge on any atom is -0.497 e. The topological polar surface area (TPSA) is 47.6 Å². The molecule has 18 heavy (non-hydrogen) atoms. The normalized spacial score (nSPS) is 10.3. The average Bonchev–Trinajstić information content (AvgIpc) is 2.37. The fourth-order valence-corrected chi connectivity index (χ4v) is 1.51. The standard InChI is InChI=1S/C14H21NO3/c1-10(2)5-6-15-14(16)11-7-12(17-3)9-13(8-11)18-4/h7-10H,5-6H2,1-4H3,(H,15,16). The van der Waals surface area contributed by atoms with Gasteiger partial charge in [-0.3, -0.25) is 4.79 Å². The van der Waals surface area contributed by atoms with Gasteiger partial charge in [0.25, 0.3) is 5.91 Å². The Balaban J connectivity index is 2.72. The van der Waals surface area contributed by atoms with Gasteiger partial charge in [0, 0.05) is 18.2 Å². The number of nitrogens with one attached hydrogen (secondary N) is 1. The molecule has 1 aromatic rings. The molecular weight excluding hydrogens is 230 g/mol. The number of benzene rings is 1. The number of amides is 1. The molecule has 0 spiro atoms. The van der Waals surface area contributed by atoms with Crippen molar-refractivity contribution in [2.75, 3.05) is 20.8 Å². The molecule has 1 rings (SSSR count). The third kappa shape index (κ3) is 4.28. The molecule has 0 radical (unpaired) electrons. The Kier molecular flexibility index (Phi) is 5.49. The quantitative estimate of drug-likeness (QED) is 0.845. The van der Waals surface area contributed by atoms with Crippen LogP contribution in [0, 0.1) is 5.92 Å². The SMILES string of the molecule is COc1cc(OC)cc(C(=O)NCCC(C)C)c1. The zero-order valence-corrected chi connectivity index (χ0v) is 11.4. The van der Waals surface area contributed by atoms with Gasteiger partial charge in [-0.15, -0.1) is 0 Å². The van der Waals surface area contributed by atoms with E-state index in [4.69, 9.17) is 9.47 Å². The minimum atomic E-state index is -0.104. The highest BCUT2D eigenvalue weighted by atomic mass is 16.5. The van der Waals surface area contributed by atoms with Crippen LogP contribution < -0.4 is 14.8 Å². The number of rotatable bonds is 6. The van der Waals surface area contributed by atoms with E-state index in [1.54, 1.807) is 32.4 Å². The lowest BCUT2D eigenvalue weighted by Crippen LogP contribution is -2.25. The van der Waals surface area contributed by atoms with Crippen molar-refractivity contribution < 1.29 is 14.3 Å². The molecule has 1 N–H and O–H groups in total. The first kappa shape index (κ1) is 14.4. The molecule has 0 heterocycles. The minimum absolute atomic E-state index is 0.104. The van der Waals surface area contributed by atoms with Gasteiger partial charge in [-0.1, -0.05) is 13.8 Å². The monoisotopic (exact) mass is 251 g/mol. The highest BCUT2D eigenvalue weighted by molar-refractivity contribution is 5.95. The zero-order valence-electron chi connectivity index (χ0n) is 11.4. The lowest BCUT2D eigenvalue weighted by Gasteiger charge is -2.10. The summed E-state index contributed by atoms with van der Waals surface area (Å²) in [4.78, 5) is 11.9. The maximum absolute atomic E-state index is 11.9. The van der Waals surface area contributed by atoms with Gasteiger partial charge in [-0.25, -0.2) is 0 Å². The number of ether oxygens (including phenoxy) is 2. The Bertz CT molecular complexity index is 380. The lowest BCUT2D eigenvalue weighted by atomic mass is 10.1. The summed E-state index contributed by atoms with van der Waals surface area (Å²) in [6.07, 6.45) is 0.965. The second-order valence-electron chi connectivity index (χ2n) is 4.54. The van der Waals surface area contributed by atoms with Gasteiger partial charge in [0.2, 0.25) is 0 Å². The molecule has 0 aromatic heterocycles. The van der Waals surface area contributed by atoms with Crippen LogP contribution in [0.3, 0.4) is 0 Å². The van der Waals surface area contributed by atoms with Gasteiger partial charge < -0.3 is 14.8 Å². The molecule has 0 aliphatic carbocycles. The molecule has 1 aromatic carbocycles. The largest absolute Gasteiger partial charge is 0.497 e. The molecule has 4 heteroatoms. The van der Waals surface area contributed by atoms with E-state index < -0.39 is 0 Å². The number of methoxy groups -OCH3 is 2. The fourth-order valence-electron chi connectivity index (χ4n) is 1.51. The summed E-state index contributed by atoms with van der Waals surface area (Å²) >= 11 is 0. The van der Waals surface area contributed by atoms with E-state index in [1.807, 2.05) is 0 Å². The summed E-state index contributed by atoms with van der Waals surface area (Å²) in [5.41, 5.74) is 0.551. The van der Waals surface area contributed by atoms with Gasteiger partial charge in [0.15, 0.2) is 0 Å². The predicted octanol–water partition coefficient (Wildman–Crippen LogP) is 2.48. The van der Waals surface area contributed by atoms with Crippen LogP contribution in [0.25, 0.3) is 0 Å². The van der Waals surface area contributed by atoms with Gasteiger partial charge in [-0.2, -0.15) is 0 Å². The molecule has 1 amide bonds. The molecule has 0 unspecified atom stereocenters. The highest BCUT2D eigenvalue weighted by Gasteiger charge is 2.09. The van der Waals surface area contributed by atoms with Gasteiger partial charge in [0.1, 0.15) is 11.5 Å². The number of carbonyl (C=O) groups excluding carboxylic acids is 1. The predicted molar refractivity (Wildman–Crippen MR) is 71.3 cm³/mol. The van der Waals surface area contributed by atoms with Crippen LogP contribution in [0.15, 0.2) is 18.2 Å². The molecule has 0 aliphatic heterocycles. The van der Waals surface area contributed by atoms with Crippen LogP contribution in [-0.4, -0.2) is 26.7 Å². The zero-order chi connectivity index (χ0) is 13.5. The Morgan fingerprint density at radius 1 is 1.17 bits per heavy atom. The first-order chi connectivity index (χ1) is 8.56. The third-order valence-electron chi connectivity index (χ3n) is 2.62. The van der Waals surface area contributed by atoms with Crippen molar-refractivity contribution in [2.24, 2.45) is 5.92 Å². The first-order valence-corrected chi connectivity index (χ1v) is 6.08. The maximum atomic E-state index is 11.9. The molecule has 0 atom stereocenters.